The third kappa shape index (κ3) is 7.30. The average Bonchev–Trinajstić information content (AvgIpc) is 3.62. The predicted octanol–water partition coefficient (Wildman–Crippen LogP) is 2.10. The number of carboxylic acid groups (broad SMARTS) is 2. The molecule has 0 radical (unpaired) electrons. The van der Waals surface area contributed by atoms with E-state index in [2.05, 4.69) is 11.9 Å². The standard InChI is InChI=1S/C29H32N2O10S/c1-2-3-6-21-30-14-19(12-18(26(35)36)13-20-5-4-11-42-20)31(21)15-16-7-9-17(10-8-16)28(39)41-29-24(34)22(32)23(33)25(40-29)27(37)38/h4-5,7-12,14,22-25,29,32-34H,2-3,6,13,15H2,1H3,(H,35,36)(H,37,38)/b18-12+/t22?,23-,24?,25?,29+/m1/s1. The molecule has 3 heterocycles. The van der Waals surface area contributed by atoms with Gasteiger partial charge in [0, 0.05) is 29.8 Å². The molecule has 1 aliphatic rings. The molecule has 0 spiro atoms. The molecular formula is C29H32N2O10S. The van der Waals surface area contributed by atoms with E-state index in [4.69, 9.17) is 9.47 Å². The van der Waals surface area contributed by atoms with Crippen LogP contribution in [0.25, 0.3) is 6.08 Å². The van der Waals surface area contributed by atoms with Crippen LogP contribution in [0.15, 0.2) is 53.5 Å². The highest BCUT2D eigenvalue weighted by molar-refractivity contribution is 7.09. The summed E-state index contributed by atoms with van der Waals surface area (Å²) in [6.07, 6.45) is -3.25. The Morgan fingerprint density at radius 1 is 1.07 bits per heavy atom. The maximum absolute atomic E-state index is 12.7. The van der Waals surface area contributed by atoms with Gasteiger partial charge in [0.2, 0.25) is 6.29 Å². The second-order valence-electron chi connectivity index (χ2n) is 9.86. The van der Waals surface area contributed by atoms with Crippen LogP contribution in [-0.2, 0) is 38.4 Å². The fourth-order valence-electron chi connectivity index (χ4n) is 4.48. The number of esters is 1. The lowest BCUT2D eigenvalue weighted by atomic mass is 9.99. The molecule has 2 aromatic heterocycles. The molecule has 224 valence electrons. The van der Waals surface area contributed by atoms with E-state index in [-0.39, 0.29) is 17.6 Å². The van der Waals surface area contributed by atoms with Gasteiger partial charge in [0.15, 0.2) is 6.10 Å². The first-order valence-corrected chi connectivity index (χ1v) is 14.2. The molecule has 0 aliphatic carbocycles. The number of nitrogens with zero attached hydrogens (tertiary/aromatic N) is 2. The van der Waals surface area contributed by atoms with Gasteiger partial charge in [-0.15, -0.1) is 11.3 Å². The minimum atomic E-state index is -1.90. The molecule has 5 atom stereocenters. The van der Waals surface area contributed by atoms with Gasteiger partial charge >= 0.3 is 17.9 Å². The van der Waals surface area contributed by atoms with Crippen LogP contribution in [0, 0.1) is 0 Å². The lowest BCUT2D eigenvalue weighted by Crippen LogP contribution is -2.60. The van der Waals surface area contributed by atoms with Crippen molar-refractivity contribution in [3.05, 3.63) is 81.1 Å². The first-order chi connectivity index (χ1) is 20.1. The fourth-order valence-corrected chi connectivity index (χ4v) is 5.21. The molecule has 42 heavy (non-hydrogen) atoms. The molecular weight excluding hydrogens is 568 g/mol. The van der Waals surface area contributed by atoms with E-state index >= 15 is 0 Å². The molecule has 12 nitrogen and oxygen atoms in total. The molecule has 13 heteroatoms. The number of carbonyl (C=O) groups is 3. The number of aromatic nitrogens is 2. The molecule has 4 rings (SSSR count). The molecule has 3 unspecified atom stereocenters. The van der Waals surface area contributed by atoms with Gasteiger partial charge in [0.25, 0.3) is 0 Å². The number of hydrogen-bond acceptors (Lipinski definition) is 10. The zero-order valence-electron chi connectivity index (χ0n) is 22.7. The largest absolute Gasteiger partial charge is 0.479 e. The number of aliphatic carboxylic acids is 2. The van der Waals surface area contributed by atoms with Crippen molar-refractivity contribution < 1.29 is 49.4 Å². The molecule has 0 saturated carbocycles. The van der Waals surface area contributed by atoms with Gasteiger partial charge < -0.3 is 39.6 Å². The van der Waals surface area contributed by atoms with Crippen LogP contribution >= 0.6 is 11.3 Å². The topological polar surface area (TPSA) is 189 Å². The molecule has 5 N–H and O–H groups in total. The second-order valence-corrected chi connectivity index (χ2v) is 10.9. The summed E-state index contributed by atoms with van der Waals surface area (Å²) in [5, 5.41) is 50.8. The Balaban J connectivity index is 1.52. The van der Waals surface area contributed by atoms with Crippen LogP contribution < -0.4 is 0 Å². The highest BCUT2D eigenvalue weighted by Gasteiger charge is 2.48. The van der Waals surface area contributed by atoms with Crippen molar-refractivity contribution in [3.63, 3.8) is 0 Å². The van der Waals surface area contributed by atoms with Crippen molar-refractivity contribution in [1.82, 2.24) is 9.55 Å². The van der Waals surface area contributed by atoms with Crippen molar-refractivity contribution in [2.75, 3.05) is 0 Å². The Morgan fingerprint density at radius 3 is 2.43 bits per heavy atom. The Bertz CT molecular complexity index is 1420. The average molecular weight is 601 g/mol. The number of ether oxygens (including phenoxy) is 2. The molecule has 0 amide bonds. The highest BCUT2D eigenvalue weighted by Crippen LogP contribution is 2.24. The van der Waals surface area contributed by atoms with Crippen molar-refractivity contribution in [2.45, 2.75) is 69.9 Å². The number of thiophene rings is 1. The van der Waals surface area contributed by atoms with E-state index in [1.807, 2.05) is 22.1 Å². The summed E-state index contributed by atoms with van der Waals surface area (Å²) in [7, 11) is 0. The number of unbranched alkanes of at least 4 members (excludes halogenated alkanes) is 1. The van der Waals surface area contributed by atoms with Crippen LogP contribution in [0.2, 0.25) is 0 Å². The van der Waals surface area contributed by atoms with E-state index in [1.54, 1.807) is 24.4 Å². The monoisotopic (exact) mass is 600 g/mol. The number of carbonyl (C=O) groups excluding carboxylic acids is 1. The Kier molecular flexibility index (Phi) is 10.2. The molecule has 0 bridgehead atoms. The minimum Gasteiger partial charge on any atom is -0.479 e. The number of aliphatic hydroxyl groups excluding tert-OH is 3. The van der Waals surface area contributed by atoms with Crippen LogP contribution in [-0.4, -0.2) is 83.7 Å². The summed E-state index contributed by atoms with van der Waals surface area (Å²) in [5.41, 5.74) is 1.72. The zero-order valence-corrected chi connectivity index (χ0v) is 23.5. The normalized spacial score (nSPS) is 22.6. The number of rotatable bonds is 12. The summed E-state index contributed by atoms with van der Waals surface area (Å²) in [6.45, 7) is 2.42. The third-order valence-corrected chi connectivity index (χ3v) is 7.71. The van der Waals surface area contributed by atoms with Gasteiger partial charge in [-0.2, -0.15) is 0 Å². The lowest BCUT2D eigenvalue weighted by molar-refractivity contribution is -0.278. The molecule has 3 aromatic rings. The number of hydrogen-bond donors (Lipinski definition) is 5. The second kappa shape index (κ2) is 13.9. The van der Waals surface area contributed by atoms with Gasteiger partial charge in [-0.25, -0.2) is 19.4 Å². The zero-order chi connectivity index (χ0) is 30.4. The summed E-state index contributed by atoms with van der Waals surface area (Å²) in [4.78, 5) is 41.5. The van der Waals surface area contributed by atoms with Crippen molar-refractivity contribution >= 4 is 35.3 Å². The minimum absolute atomic E-state index is 0.0723. The first-order valence-electron chi connectivity index (χ1n) is 13.3. The van der Waals surface area contributed by atoms with Gasteiger partial charge in [-0.05, 0) is 41.6 Å². The predicted molar refractivity (Wildman–Crippen MR) is 150 cm³/mol. The van der Waals surface area contributed by atoms with Gasteiger partial charge in [0.1, 0.15) is 24.1 Å². The summed E-state index contributed by atoms with van der Waals surface area (Å²) < 4.78 is 12.0. The Morgan fingerprint density at radius 2 is 1.81 bits per heavy atom. The quantitative estimate of drug-likeness (QED) is 0.151. The summed E-state index contributed by atoms with van der Waals surface area (Å²) in [6, 6.07) is 10.1. The number of imidazole rings is 1. The molecule has 1 aliphatic heterocycles. The van der Waals surface area contributed by atoms with Crippen molar-refractivity contribution in [1.29, 1.82) is 0 Å². The van der Waals surface area contributed by atoms with E-state index in [0.717, 1.165) is 29.1 Å². The SMILES string of the molecule is CCCCc1ncc(/C=C(\Cc2cccs2)C(=O)O)n1Cc1ccc(C(=O)O[C@@H]2OC(C(=O)O)[C@H](O)C(O)C2O)cc1. The first kappa shape index (κ1) is 31.1. The highest BCUT2D eigenvalue weighted by atomic mass is 32.1. The molecule has 1 aromatic carbocycles. The van der Waals surface area contributed by atoms with Crippen molar-refractivity contribution in [2.24, 2.45) is 0 Å². The van der Waals surface area contributed by atoms with E-state index in [1.165, 1.54) is 23.5 Å². The van der Waals surface area contributed by atoms with Crippen LogP contribution in [0.4, 0.5) is 0 Å². The lowest BCUT2D eigenvalue weighted by Gasteiger charge is -2.37. The number of aliphatic hydroxyl groups is 3. The van der Waals surface area contributed by atoms with E-state index in [9.17, 15) is 39.9 Å². The molecule has 1 saturated heterocycles. The number of aryl methyl sites for hydroxylation is 1. The van der Waals surface area contributed by atoms with Gasteiger partial charge in [-0.1, -0.05) is 31.5 Å². The van der Waals surface area contributed by atoms with E-state index < -0.39 is 48.6 Å². The maximum Gasteiger partial charge on any atom is 0.340 e. The van der Waals surface area contributed by atoms with E-state index in [0.29, 0.717) is 18.7 Å². The summed E-state index contributed by atoms with van der Waals surface area (Å²) >= 11 is 1.48. The summed E-state index contributed by atoms with van der Waals surface area (Å²) in [5.74, 6) is -2.75. The van der Waals surface area contributed by atoms with Gasteiger partial charge in [-0.3, -0.25) is 0 Å². The smallest absolute Gasteiger partial charge is 0.340 e. The van der Waals surface area contributed by atoms with Crippen LogP contribution in [0.5, 0.6) is 0 Å². The number of benzene rings is 1. The molecule has 1 fully saturated rings. The fraction of sp³-hybridized carbons (Fsp3) is 0.379. The third-order valence-electron chi connectivity index (χ3n) is 6.83. The van der Waals surface area contributed by atoms with Gasteiger partial charge in [0.05, 0.1) is 17.5 Å². The number of carboxylic acids is 2. The van der Waals surface area contributed by atoms with Crippen LogP contribution in [0.1, 0.15) is 52.1 Å². The van der Waals surface area contributed by atoms with Crippen LogP contribution in [0.3, 0.4) is 0 Å². The maximum atomic E-state index is 12.7. The Hall–Kier alpha value is -3.88. The van der Waals surface area contributed by atoms with Crippen molar-refractivity contribution in [3.8, 4) is 0 Å². The Labute approximate surface area is 245 Å².